The van der Waals surface area contributed by atoms with Gasteiger partial charge in [-0.05, 0) is 37.6 Å². The Balaban J connectivity index is 1.91. The van der Waals surface area contributed by atoms with Crippen molar-refractivity contribution in [3.63, 3.8) is 0 Å². The van der Waals surface area contributed by atoms with Gasteiger partial charge in [0.15, 0.2) is 0 Å². The third-order valence-corrected chi connectivity index (χ3v) is 4.22. The fraction of sp³-hybridized carbons (Fsp3) is 0.647. The molecular weight excluding hydrogens is 262 g/mol. The van der Waals surface area contributed by atoms with Crippen LogP contribution in [-0.2, 0) is 11.3 Å². The number of anilines is 1. The maximum absolute atomic E-state index is 5.08. The number of nitrogens with zero attached hydrogens (tertiary/aromatic N) is 2. The minimum atomic E-state index is 0.756. The Morgan fingerprint density at radius 1 is 1.38 bits per heavy atom. The van der Waals surface area contributed by atoms with E-state index in [0.717, 1.165) is 32.2 Å². The van der Waals surface area contributed by atoms with Gasteiger partial charge in [0.1, 0.15) is 0 Å². The van der Waals surface area contributed by atoms with Crippen LogP contribution in [-0.4, -0.2) is 58.9 Å². The lowest BCUT2D eigenvalue weighted by Crippen LogP contribution is -2.28. The first-order valence-corrected chi connectivity index (χ1v) is 7.88. The Hall–Kier alpha value is -1.10. The minimum Gasteiger partial charge on any atom is -0.383 e. The minimum absolute atomic E-state index is 0.756. The standard InChI is InChI=1S/C17H29N3O/c1-19-10-8-15(13-19)14-20(2)17-7-5-4-6-16(17)12-18-9-11-21-3/h4-7,15,18H,8-14H2,1-3H3. The molecule has 1 atom stereocenters. The molecule has 4 nitrogen and oxygen atoms in total. The predicted molar refractivity (Wildman–Crippen MR) is 88.9 cm³/mol. The summed E-state index contributed by atoms with van der Waals surface area (Å²) in [4.78, 5) is 4.84. The molecule has 0 aliphatic carbocycles. The molecule has 1 unspecified atom stereocenters. The van der Waals surface area contributed by atoms with E-state index in [9.17, 15) is 0 Å². The zero-order valence-electron chi connectivity index (χ0n) is 13.6. The largest absolute Gasteiger partial charge is 0.383 e. The van der Waals surface area contributed by atoms with Gasteiger partial charge in [-0.1, -0.05) is 18.2 Å². The molecule has 1 heterocycles. The maximum Gasteiger partial charge on any atom is 0.0587 e. The summed E-state index contributed by atoms with van der Waals surface area (Å²) in [7, 11) is 6.17. The van der Waals surface area contributed by atoms with Crippen molar-refractivity contribution in [3.05, 3.63) is 29.8 Å². The zero-order valence-corrected chi connectivity index (χ0v) is 13.6. The molecule has 0 spiro atoms. The van der Waals surface area contributed by atoms with Gasteiger partial charge in [-0.3, -0.25) is 0 Å². The van der Waals surface area contributed by atoms with Crippen LogP contribution in [0.25, 0.3) is 0 Å². The van der Waals surface area contributed by atoms with Crippen LogP contribution < -0.4 is 10.2 Å². The molecule has 1 N–H and O–H groups in total. The summed E-state index contributed by atoms with van der Waals surface area (Å²) in [5, 5.41) is 3.44. The molecular formula is C17H29N3O. The first-order chi connectivity index (χ1) is 10.2. The van der Waals surface area contributed by atoms with Crippen LogP contribution in [0.15, 0.2) is 24.3 Å². The number of likely N-dealkylation sites (tertiary alicyclic amines) is 1. The van der Waals surface area contributed by atoms with Crippen molar-refractivity contribution in [3.8, 4) is 0 Å². The molecule has 1 saturated heterocycles. The molecule has 21 heavy (non-hydrogen) atoms. The summed E-state index contributed by atoms with van der Waals surface area (Å²) >= 11 is 0. The van der Waals surface area contributed by atoms with Crippen LogP contribution in [0.2, 0.25) is 0 Å². The molecule has 1 aliphatic rings. The summed E-state index contributed by atoms with van der Waals surface area (Å²) in [6, 6.07) is 8.69. The Kier molecular flexibility index (Phi) is 6.49. The number of hydrogen-bond donors (Lipinski definition) is 1. The van der Waals surface area contributed by atoms with Gasteiger partial charge >= 0.3 is 0 Å². The van der Waals surface area contributed by atoms with E-state index in [1.165, 1.54) is 30.8 Å². The highest BCUT2D eigenvalue weighted by molar-refractivity contribution is 5.53. The third kappa shape index (κ3) is 4.99. The molecule has 1 aliphatic heterocycles. The van der Waals surface area contributed by atoms with Gasteiger partial charge in [0.25, 0.3) is 0 Å². The second-order valence-corrected chi connectivity index (χ2v) is 6.10. The fourth-order valence-electron chi connectivity index (χ4n) is 3.09. The highest BCUT2D eigenvalue weighted by Gasteiger charge is 2.21. The lowest BCUT2D eigenvalue weighted by molar-refractivity contribution is 0.199. The summed E-state index contributed by atoms with van der Waals surface area (Å²) in [6.45, 7) is 6.14. The topological polar surface area (TPSA) is 27.7 Å². The van der Waals surface area contributed by atoms with Crippen molar-refractivity contribution >= 4 is 5.69 Å². The van der Waals surface area contributed by atoms with E-state index in [4.69, 9.17) is 4.74 Å². The van der Waals surface area contributed by atoms with Gasteiger partial charge in [-0.25, -0.2) is 0 Å². The van der Waals surface area contributed by atoms with Crippen LogP contribution in [0.5, 0.6) is 0 Å². The number of hydrogen-bond acceptors (Lipinski definition) is 4. The van der Waals surface area contributed by atoms with Gasteiger partial charge in [-0.2, -0.15) is 0 Å². The smallest absolute Gasteiger partial charge is 0.0587 e. The SMILES string of the molecule is COCCNCc1ccccc1N(C)CC1CCN(C)C1. The van der Waals surface area contributed by atoms with E-state index in [1.807, 2.05) is 0 Å². The van der Waals surface area contributed by atoms with Gasteiger partial charge in [0.2, 0.25) is 0 Å². The Morgan fingerprint density at radius 3 is 2.90 bits per heavy atom. The molecule has 0 bridgehead atoms. The lowest BCUT2D eigenvalue weighted by Gasteiger charge is -2.25. The number of benzene rings is 1. The van der Waals surface area contributed by atoms with Crippen molar-refractivity contribution < 1.29 is 4.74 Å². The molecule has 0 amide bonds. The first-order valence-electron chi connectivity index (χ1n) is 7.88. The molecule has 0 aromatic heterocycles. The van der Waals surface area contributed by atoms with Gasteiger partial charge in [0, 0.05) is 46.0 Å². The second kappa shape index (κ2) is 8.37. The predicted octanol–water partition coefficient (Wildman–Crippen LogP) is 1.81. The van der Waals surface area contributed by atoms with E-state index in [1.54, 1.807) is 7.11 Å². The van der Waals surface area contributed by atoms with E-state index < -0.39 is 0 Å². The quantitative estimate of drug-likeness (QED) is 0.739. The van der Waals surface area contributed by atoms with E-state index >= 15 is 0 Å². The lowest BCUT2D eigenvalue weighted by atomic mass is 10.1. The van der Waals surface area contributed by atoms with Crippen LogP contribution in [0.1, 0.15) is 12.0 Å². The Labute approximate surface area is 129 Å². The Morgan fingerprint density at radius 2 is 2.19 bits per heavy atom. The monoisotopic (exact) mass is 291 g/mol. The first kappa shape index (κ1) is 16.3. The second-order valence-electron chi connectivity index (χ2n) is 6.10. The highest BCUT2D eigenvalue weighted by Crippen LogP contribution is 2.22. The van der Waals surface area contributed by atoms with E-state index in [0.29, 0.717) is 0 Å². The normalized spacial score (nSPS) is 19.1. The number of nitrogens with one attached hydrogen (secondary N) is 1. The van der Waals surface area contributed by atoms with Crippen molar-refractivity contribution in [2.24, 2.45) is 5.92 Å². The summed E-state index contributed by atoms with van der Waals surface area (Å²) < 4.78 is 5.08. The molecule has 4 heteroatoms. The number of para-hydroxylation sites is 1. The molecule has 1 fully saturated rings. The van der Waals surface area contributed by atoms with Crippen LogP contribution in [0, 0.1) is 5.92 Å². The average Bonchev–Trinajstić information content (AvgIpc) is 2.89. The van der Waals surface area contributed by atoms with Crippen molar-refractivity contribution in [1.29, 1.82) is 0 Å². The van der Waals surface area contributed by atoms with Crippen LogP contribution >= 0.6 is 0 Å². The summed E-state index contributed by atoms with van der Waals surface area (Å²) in [6.07, 6.45) is 1.31. The van der Waals surface area contributed by atoms with E-state index in [-0.39, 0.29) is 0 Å². The fourth-order valence-corrected chi connectivity index (χ4v) is 3.09. The van der Waals surface area contributed by atoms with Crippen LogP contribution in [0.4, 0.5) is 5.69 Å². The molecule has 0 saturated carbocycles. The maximum atomic E-state index is 5.08. The third-order valence-electron chi connectivity index (χ3n) is 4.22. The number of methoxy groups -OCH3 is 1. The van der Waals surface area contributed by atoms with E-state index in [2.05, 4.69) is 53.5 Å². The molecule has 0 radical (unpaired) electrons. The van der Waals surface area contributed by atoms with Crippen LogP contribution in [0.3, 0.4) is 0 Å². The Bertz CT molecular complexity index is 424. The number of ether oxygens (including phenoxy) is 1. The number of rotatable bonds is 8. The molecule has 118 valence electrons. The van der Waals surface area contributed by atoms with Gasteiger partial charge < -0.3 is 19.9 Å². The summed E-state index contributed by atoms with van der Waals surface area (Å²) in [5.41, 5.74) is 2.71. The summed E-state index contributed by atoms with van der Waals surface area (Å²) in [5.74, 6) is 0.787. The highest BCUT2D eigenvalue weighted by atomic mass is 16.5. The molecule has 1 aromatic carbocycles. The van der Waals surface area contributed by atoms with Gasteiger partial charge in [-0.15, -0.1) is 0 Å². The zero-order chi connectivity index (χ0) is 15.1. The van der Waals surface area contributed by atoms with Gasteiger partial charge in [0.05, 0.1) is 6.61 Å². The molecule has 2 rings (SSSR count). The van der Waals surface area contributed by atoms with Crippen molar-refractivity contribution in [2.45, 2.75) is 13.0 Å². The average molecular weight is 291 g/mol. The van der Waals surface area contributed by atoms with Crippen molar-refractivity contribution in [2.75, 3.05) is 58.9 Å². The molecule has 1 aromatic rings. The van der Waals surface area contributed by atoms with Crippen molar-refractivity contribution in [1.82, 2.24) is 10.2 Å².